The first-order chi connectivity index (χ1) is 9.97. The zero-order chi connectivity index (χ0) is 15.6. The molecular weight excluding hydrogens is 290 g/mol. The number of nitro benzene ring substituents is 1. The third-order valence-corrected chi connectivity index (χ3v) is 5.20. The van der Waals surface area contributed by atoms with Crippen LogP contribution in [0.5, 0.6) is 0 Å². The van der Waals surface area contributed by atoms with Gasteiger partial charge in [0, 0.05) is 36.7 Å². The largest absolute Gasteiger partial charge is 0.382 e. The number of benzene rings is 1. The minimum Gasteiger partial charge on any atom is -0.382 e. The number of nitro groups is 1. The molecule has 0 saturated carbocycles. The Hall–Kier alpha value is -1.76. The topological polar surface area (TPSA) is 75.5 Å². The van der Waals surface area contributed by atoms with E-state index in [1.54, 1.807) is 24.1 Å². The molecule has 6 nitrogen and oxygen atoms in total. The molecule has 0 radical (unpaired) electrons. The highest BCUT2D eigenvalue weighted by Gasteiger charge is 2.32. The van der Waals surface area contributed by atoms with E-state index in [-0.39, 0.29) is 23.3 Å². The van der Waals surface area contributed by atoms with Gasteiger partial charge in [-0.3, -0.25) is 14.9 Å². The molecule has 0 aromatic heterocycles. The lowest BCUT2D eigenvalue weighted by Crippen LogP contribution is -2.48. The number of anilines is 1. The van der Waals surface area contributed by atoms with Crippen LogP contribution in [-0.2, 0) is 0 Å². The summed E-state index contributed by atoms with van der Waals surface area (Å²) in [7, 11) is 1.59. The monoisotopic (exact) mass is 309 g/mol. The van der Waals surface area contributed by atoms with Crippen LogP contribution in [0.2, 0.25) is 0 Å². The fourth-order valence-corrected chi connectivity index (χ4v) is 3.61. The first kappa shape index (κ1) is 15.6. The predicted molar refractivity (Wildman–Crippen MR) is 85.1 cm³/mol. The van der Waals surface area contributed by atoms with E-state index in [0.717, 1.165) is 5.75 Å². The van der Waals surface area contributed by atoms with Crippen LogP contribution in [0.1, 0.15) is 24.2 Å². The van der Waals surface area contributed by atoms with E-state index in [9.17, 15) is 14.9 Å². The van der Waals surface area contributed by atoms with Crippen molar-refractivity contribution in [2.75, 3.05) is 24.7 Å². The lowest BCUT2D eigenvalue weighted by Gasteiger charge is -2.37. The SMILES string of the molecule is CNc1c(C(=O)N2CCSC(C)C2C)cccc1[N+](=O)[O-]. The number of nitrogens with zero attached hydrogens (tertiary/aromatic N) is 2. The Bertz CT molecular complexity index is 564. The average Bonchev–Trinajstić information content (AvgIpc) is 2.48. The zero-order valence-electron chi connectivity index (χ0n) is 12.3. The van der Waals surface area contributed by atoms with Crippen molar-refractivity contribution < 1.29 is 9.72 Å². The Morgan fingerprint density at radius 1 is 1.48 bits per heavy atom. The van der Waals surface area contributed by atoms with Crippen LogP contribution in [-0.4, -0.2) is 46.4 Å². The van der Waals surface area contributed by atoms with Gasteiger partial charge < -0.3 is 10.2 Å². The maximum Gasteiger partial charge on any atom is 0.293 e. The van der Waals surface area contributed by atoms with Gasteiger partial charge in [-0.2, -0.15) is 11.8 Å². The summed E-state index contributed by atoms with van der Waals surface area (Å²) in [5.74, 6) is 0.740. The molecule has 2 rings (SSSR count). The van der Waals surface area contributed by atoms with E-state index in [4.69, 9.17) is 0 Å². The molecule has 2 unspecified atom stereocenters. The van der Waals surface area contributed by atoms with Gasteiger partial charge >= 0.3 is 0 Å². The van der Waals surface area contributed by atoms with Gasteiger partial charge in [0.2, 0.25) is 0 Å². The van der Waals surface area contributed by atoms with Gasteiger partial charge in [-0.25, -0.2) is 0 Å². The molecule has 1 N–H and O–H groups in total. The van der Waals surface area contributed by atoms with Gasteiger partial charge in [0.15, 0.2) is 0 Å². The molecule has 1 aromatic rings. The number of carbonyl (C=O) groups is 1. The molecule has 0 spiro atoms. The van der Waals surface area contributed by atoms with Crippen LogP contribution >= 0.6 is 11.8 Å². The van der Waals surface area contributed by atoms with Crippen molar-refractivity contribution >= 4 is 29.0 Å². The zero-order valence-corrected chi connectivity index (χ0v) is 13.1. The molecule has 21 heavy (non-hydrogen) atoms. The van der Waals surface area contributed by atoms with Crippen molar-refractivity contribution in [1.82, 2.24) is 4.90 Å². The Balaban J connectivity index is 2.39. The molecule has 7 heteroatoms. The van der Waals surface area contributed by atoms with Crippen LogP contribution in [0.4, 0.5) is 11.4 Å². The van der Waals surface area contributed by atoms with Crippen molar-refractivity contribution in [2.24, 2.45) is 0 Å². The summed E-state index contributed by atoms with van der Waals surface area (Å²) >= 11 is 1.84. The minimum atomic E-state index is -0.472. The van der Waals surface area contributed by atoms with E-state index in [1.807, 2.05) is 18.7 Å². The van der Waals surface area contributed by atoms with E-state index in [0.29, 0.717) is 17.4 Å². The third-order valence-electron chi connectivity index (χ3n) is 3.86. The minimum absolute atomic E-state index is 0.0737. The molecule has 1 heterocycles. The van der Waals surface area contributed by atoms with E-state index >= 15 is 0 Å². The van der Waals surface area contributed by atoms with Crippen molar-refractivity contribution in [3.05, 3.63) is 33.9 Å². The molecule has 2 atom stereocenters. The normalized spacial score (nSPS) is 22.0. The highest BCUT2D eigenvalue weighted by Crippen LogP contribution is 2.31. The third kappa shape index (κ3) is 2.97. The summed E-state index contributed by atoms with van der Waals surface area (Å²) in [6.45, 7) is 4.78. The van der Waals surface area contributed by atoms with Crippen LogP contribution < -0.4 is 5.32 Å². The van der Waals surface area contributed by atoms with E-state index in [1.165, 1.54) is 6.07 Å². The van der Waals surface area contributed by atoms with Gasteiger partial charge in [-0.15, -0.1) is 0 Å². The fraction of sp³-hybridized carbons (Fsp3) is 0.500. The molecule has 1 amide bonds. The number of nitrogens with one attached hydrogen (secondary N) is 1. The second kappa shape index (κ2) is 6.34. The van der Waals surface area contributed by atoms with Gasteiger partial charge in [0.05, 0.1) is 10.5 Å². The number of carbonyl (C=O) groups excluding carboxylic acids is 1. The van der Waals surface area contributed by atoms with Crippen molar-refractivity contribution in [3.8, 4) is 0 Å². The van der Waals surface area contributed by atoms with Crippen molar-refractivity contribution in [2.45, 2.75) is 25.1 Å². The Morgan fingerprint density at radius 2 is 2.19 bits per heavy atom. The maximum atomic E-state index is 12.8. The predicted octanol–water partition coefficient (Wildman–Crippen LogP) is 2.60. The van der Waals surface area contributed by atoms with Gasteiger partial charge in [0.25, 0.3) is 11.6 Å². The second-order valence-corrected chi connectivity index (χ2v) is 6.51. The summed E-state index contributed by atoms with van der Waals surface area (Å²) in [6.07, 6.45) is 0. The first-order valence-electron chi connectivity index (χ1n) is 6.85. The molecule has 114 valence electrons. The number of thioether (sulfide) groups is 1. The summed E-state index contributed by atoms with van der Waals surface area (Å²) in [5.41, 5.74) is 0.568. The van der Waals surface area contributed by atoms with Gasteiger partial charge in [-0.1, -0.05) is 13.0 Å². The molecule has 1 aliphatic heterocycles. The van der Waals surface area contributed by atoms with Gasteiger partial charge in [-0.05, 0) is 13.0 Å². The van der Waals surface area contributed by atoms with Crippen molar-refractivity contribution in [1.29, 1.82) is 0 Å². The lowest BCUT2D eigenvalue weighted by molar-refractivity contribution is -0.384. The van der Waals surface area contributed by atoms with E-state index < -0.39 is 4.92 Å². The summed E-state index contributed by atoms with van der Waals surface area (Å²) < 4.78 is 0. The smallest absolute Gasteiger partial charge is 0.293 e. The second-order valence-electron chi connectivity index (χ2n) is 5.02. The van der Waals surface area contributed by atoms with E-state index in [2.05, 4.69) is 12.2 Å². The number of hydrogen-bond acceptors (Lipinski definition) is 5. The molecule has 0 aliphatic carbocycles. The van der Waals surface area contributed by atoms with Crippen LogP contribution in [0.3, 0.4) is 0 Å². The molecule has 1 saturated heterocycles. The van der Waals surface area contributed by atoms with Gasteiger partial charge in [0.1, 0.15) is 5.69 Å². The summed E-state index contributed by atoms with van der Waals surface area (Å²) in [6, 6.07) is 4.71. The molecular formula is C14H19N3O3S. The average molecular weight is 309 g/mol. The number of para-hydroxylation sites is 1. The number of hydrogen-bond donors (Lipinski definition) is 1. The quantitative estimate of drug-likeness (QED) is 0.686. The first-order valence-corrected chi connectivity index (χ1v) is 7.90. The highest BCUT2D eigenvalue weighted by molar-refractivity contribution is 8.00. The standard InChI is InChI=1S/C14H19N3O3S/c1-9-10(2)21-8-7-16(9)14(18)11-5-4-6-12(17(19)20)13(11)15-3/h4-6,9-10,15H,7-8H2,1-3H3. The van der Waals surface area contributed by atoms with Crippen LogP contribution in [0, 0.1) is 10.1 Å². The summed E-state index contributed by atoms with van der Waals surface area (Å²) in [5, 5.41) is 14.2. The van der Waals surface area contributed by atoms with Crippen molar-refractivity contribution in [3.63, 3.8) is 0 Å². The molecule has 1 aromatic carbocycles. The fourth-order valence-electron chi connectivity index (χ4n) is 2.51. The number of rotatable bonds is 3. The molecule has 1 aliphatic rings. The molecule has 0 bridgehead atoms. The Kier molecular flexibility index (Phi) is 4.72. The summed E-state index contributed by atoms with van der Waals surface area (Å²) in [4.78, 5) is 25.2. The maximum absolute atomic E-state index is 12.8. The van der Waals surface area contributed by atoms with Crippen LogP contribution in [0.15, 0.2) is 18.2 Å². The number of amides is 1. The highest BCUT2D eigenvalue weighted by atomic mass is 32.2. The lowest BCUT2D eigenvalue weighted by atomic mass is 10.1. The Morgan fingerprint density at radius 3 is 2.81 bits per heavy atom. The van der Waals surface area contributed by atoms with Crippen LogP contribution in [0.25, 0.3) is 0 Å². The molecule has 1 fully saturated rings. The Labute approximate surface area is 128 Å².